The molecule has 0 N–H and O–H groups in total. The number of rotatable bonds is 15. The van der Waals surface area contributed by atoms with Crippen LogP contribution in [0.4, 0.5) is 0 Å². The van der Waals surface area contributed by atoms with Crippen molar-refractivity contribution in [3.63, 3.8) is 0 Å². The average Bonchev–Trinajstić information content (AvgIpc) is 2.73. The lowest BCUT2D eigenvalue weighted by molar-refractivity contribution is -0.0220. The zero-order valence-corrected chi connectivity index (χ0v) is 16.2. The first-order valence-electron chi connectivity index (χ1n) is 9.43. The largest absolute Gasteiger partial charge is 0.379 e. The number of azide groups is 1. The van der Waals surface area contributed by atoms with Gasteiger partial charge in [0, 0.05) is 24.5 Å². The Labute approximate surface area is 166 Å². The van der Waals surface area contributed by atoms with Gasteiger partial charge >= 0.3 is 0 Å². The van der Waals surface area contributed by atoms with Gasteiger partial charge in [-0.15, -0.1) is 0 Å². The highest BCUT2D eigenvalue weighted by Crippen LogP contribution is 2.10. The average molecular weight is 384 g/mol. The molecule has 0 saturated carbocycles. The van der Waals surface area contributed by atoms with E-state index in [4.69, 9.17) is 19.7 Å². The Morgan fingerprint density at radius 2 is 1.21 bits per heavy atom. The van der Waals surface area contributed by atoms with Gasteiger partial charge in [0.25, 0.3) is 0 Å². The lowest BCUT2D eigenvalue weighted by Gasteiger charge is -2.22. The maximum Gasteiger partial charge on any atom is 0.0997 e. The van der Waals surface area contributed by atoms with Gasteiger partial charge in [0.15, 0.2) is 0 Å². The number of benzene rings is 2. The van der Waals surface area contributed by atoms with Crippen LogP contribution in [0.25, 0.3) is 10.4 Å². The second kappa shape index (κ2) is 14.6. The van der Waals surface area contributed by atoms with E-state index in [1.54, 1.807) is 0 Å². The third kappa shape index (κ3) is 10.1. The number of ether oxygens (including phenoxy) is 3. The molecule has 7 nitrogen and oxygen atoms in total. The van der Waals surface area contributed by atoms with Crippen LogP contribution in [0.3, 0.4) is 0 Å². The lowest BCUT2D eigenvalue weighted by Crippen LogP contribution is -2.26. The van der Waals surface area contributed by atoms with Crippen LogP contribution in [0.2, 0.25) is 0 Å². The summed E-state index contributed by atoms with van der Waals surface area (Å²) in [6.07, 6.45) is 0. The highest BCUT2D eigenvalue weighted by atomic mass is 16.5. The molecule has 2 rings (SSSR count). The Balaban J connectivity index is 1.64. The van der Waals surface area contributed by atoms with Crippen LogP contribution in [0.5, 0.6) is 0 Å². The summed E-state index contributed by atoms with van der Waals surface area (Å²) in [5, 5.41) is 3.40. The first-order valence-corrected chi connectivity index (χ1v) is 9.43. The summed E-state index contributed by atoms with van der Waals surface area (Å²) in [5.41, 5.74) is 10.7. The molecular formula is C21H28N4O3. The van der Waals surface area contributed by atoms with Crippen LogP contribution < -0.4 is 0 Å². The summed E-state index contributed by atoms with van der Waals surface area (Å²) < 4.78 is 16.6. The molecule has 0 spiro atoms. The smallest absolute Gasteiger partial charge is 0.0997 e. The monoisotopic (exact) mass is 384 g/mol. The van der Waals surface area contributed by atoms with E-state index in [0.717, 1.165) is 13.1 Å². The summed E-state index contributed by atoms with van der Waals surface area (Å²) >= 11 is 0. The van der Waals surface area contributed by atoms with Crippen molar-refractivity contribution in [3.05, 3.63) is 82.2 Å². The van der Waals surface area contributed by atoms with Crippen molar-refractivity contribution < 1.29 is 14.2 Å². The van der Waals surface area contributed by atoms with Gasteiger partial charge in [0.2, 0.25) is 0 Å². The topological polar surface area (TPSA) is 79.7 Å². The molecule has 0 bridgehead atoms. The fourth-order valence-electron chi connectivity index (χ4n) is 2.61. The Morgan fingerprint density at radius 1 is 0.714 bits per heavy atom. The third-order valence-corrected chi connectivity index (χ3v) is 3.91. The van der Waals surface area contributed by atoms with Crippen molar-refractivity contribution in [1.82, 2.24) is 4.90 Å². The minimum Gasteiger partial charge on any atom is -0.379 e. The van der Waals surface area contributed by atoms with Crippen LogP contribution in [0.15, 0.2) is 65.8 Å². The first-order chi connectivity index (χ1) is 13.9. The molecule has 0 heterocycles. The van der Waals surface area contributed by atoms with E-state index in [-0.39, 0.29) is 0 Å². The van der Waals surface area contributed by atoms with Gasteiger partial charge in [0.05, 0.1) is 39.8 Å². The maximum atomic E-state index is 8.15. The van der Waals surface area contributed by atoms with Gasteiger partial charge < -0.3 is 14.2 Å². The Morgan fingerprint density at radius 3 is 1.75 bits per heavy atom. The summed E-state index contributed by atoms with van der Waals surface area (Å²) in [6, 6.07) is 20.8. The van der Waals surface area contributed by atoms with Crippen molar-refractivity contribution in [2.24, 2.45) is 5.11 Å². The fraction of sp³-hybridized carbons (Fsp3) is 0.429. The molecule has 0 aliphatic carbocycles. The van der Waals surface area contributed by atoms with Gasteiger partial charge in [-0.05, 0) is 16.7 Å². The minimum absolute atomic E-state index is 0.346. The van der Waals surface area contributed by atoms with E-state index in [1.807, 2.05) is 12.1 Å². The van der Waals surface area contributed by atoms with Gasteiger partial charge in [-0.25, -0.2) is 0 Å². The molecule has 150 valence electrons. The molecule has 0 aliphatic heterocycles. The van der Waals surface area contributed by atoms with Crippen LogP contribution in [-0.2, 0) is 27.3 Å². The van der Waals surface area contributed by atoms with Crippen molar-refractivity contribution >= 4 is 0 Å². The highest BCUT2D eigenvalue weighted by Gasteiger charge is 2.07. The Bertz CT molecular complexity index is 637. The quantitative estimate of drug-likeness (QED) is 0.153. The minimum atomic E-state index is 0.346. The van der Waals surface area contributed by atoms with Crippen molar-refractivity contribution in [3.8, 4) is 0 Å². The molecule has 0 saturated heterocycles. The molecule has 0 fully saturated rings. The van der Waals surface area contributed by atoms with E-state index >= 15 is 0 Å². The van der Waals surface area contributed by atoms with Crippen LogP contribution in [0.1, 0.15) is 11.1 Å². The van der Waals surface area contributed by atoms with Crippen molar-refractivity contribution in [2.45, 2.75) is 13.1 Å². The molecule has 0 amide bonds. The molecule has 7 heteroatoms. The molecule has 2 aromatic rings. The SMILES string of the molecule is [N-]=[N+]=NCCOCCOCCOCN(Cc1ccccc1)Cc1ccccc1. The van der Waals surface area contributed by atoms with E-state index in [2.05, 4.69) is 63.5 Å². The molecule has 0 aromatic heterocycles. The maximum absolute atomic E-state index is 8.15. The second-order valence-corrected chi connectivity index (χ2v) is 6.17. The Hall–Kier alpha value is -2.41. The summed E-state index contributed by atoms with van der Waals surface area (Å²) in [4.78, 5) is 4.93. The standard InChI is InChI=1S/C21H28N4O3/c22-24-23-11-12-26-13-14-27-15-16-28-19-25(17-20-7-3-1-4-8-20)18-21-9-5-2-6-10-21/h1-10H,11-19H2. The highest BCUT2D eigenvalue weighted by molar-refractivity contribution is 5.16. The summed E-state index contributed by atoms with van der Waals surface area (Å²) in [6.45, 7) is 4.98. The molecule has 28 heavy (non-hydrogen) atoms. The van der Waals surface area contributed by atoms with Crippen LogP contribution in [0, 0.1) is 0 Å². The van der Waals surface area contributed by atoms with Gasteiger partial charge in [0.1, 0.15) is 0 Å². The molecule has 0 radical (unpaired) electrons. The predicted octanol–water partition coefficient (Wildman–Crippen LogP) is 4.01. The third-order valence-electron chi connectivity index (χ3n) is 3.91. The molecule has 0 aliphatic rings. The van der Waals surface area contributed by atoms with Crippen molar-refractivity contribution in [2.75, 3.05) is 46.3 Å². The number of nitrogens with zero attached hydrogens (tertiary/aromatic N) is 4. The molecule has 2 aromatic carbocycles. The van der Waals surface area contributed by atoms with Crippen LogP contribution in [-0.4, -0.2) is 51.2 Å². The fourth-order valence-corrected chi connectivity index (χ4v) is 2.61. The van der Waals surface area contributed by atoms with Gasteiger partial charge in [-0.3, -0.25) is 4.90 Å². The van der Waals surface area contributed by atoms with E-state index < -0.39 is 0 Å². The van der Waals surface area contributed by atoms with Crippen molar-refractivity contribution in [1.29, 1.82) is 0 Å². The number of hydrogen-bond acceptors (Lipinski definition) is 5. The van der Waals surface area contributed by atoms with Gasteiger partial charge in [-0.1, -0.05) is 65.8 Å². The normalized spacial score (nSPS) is 10.8. The Kier molecular flexibility index (Phi) is 11.4. The first kappa shape index (κ1) is 21.9. The summed E-state index contributed by atoms with van der Waals surface area (Å²) in [7, 11) is 0. The zero-order valence-electron chi connectivity index (χ0n) is 16.2. The molecular weight excluding hydrogens is 356 g/mol. The van der Waals surface area contributed by atoms with Crippen LogP contribution >= 0.6 is 0 Å². The zero-order chi connectivity index (χ0) is 19.7. The second-order valence-electron chi connectivity index (χ2n) is 6.17. The predicted molar refractivity (Wildman–Crippen MR) is 109 cm³/mol. The molecule has 0 unspecified atom stereocenters. The van der Waals surface area contributed by atoms with E-state index in [1.165, 1.54) is 11.1 Å². The van der Waals surface area contributed by atoms with E-state index in [0.29, 0.717) is 46.3 Å². The lowest BCUT2D eigenvalue weighted by atomic mass is 10.2. The van der Waals surface area contributed by atoms with Gasteiger partial charge in [-0.2, -0.15) is 0 Å². The number of hydrogen-bond donors (Lipinski definition) is 0. The molecule has 0 atom stereocenters. The van der Waals surface area contributed by atoms with E-state index in [9.17, 15) is 0 Å². The summed E-state index contributed by atoms with van der Waals surface area (Å²) in [5.74, 6) is 0.